The van der Waals surface area contributed by atoms with E-state index in [1.54, 1.807) is 35.0 Å². The summed E-state index contributed by atoms with van der Waals surface area (Å²) in [6, 6.07) is 13.2. The Kier molecular flexibility index (Phi) is 6.09. The van der Waals surface area contributed by atoms with Crippen molar-refractivity contribution in [2.45, 2.75) is 26.5 Å². The first kappa shape index (κ1) is 18.5. The van der Waals surface area contributed by atoms with Gasteiger partial charge >= 0.3 is 0 Å². The Labute approximate surface area is 156 Å². The van der Waals surface area contributed by atoms with E-state index in [0.29, 0.717) is 36.6 Å². The van der Waals surface area contributed by atoms with E-state index < -0.39 is 0 Å². The molecule has 2 aromatic carbocycles. The topological polar surface area (TPSA) is 81.9 Å². The fraction of sp³-hybridized carbons (Fsp3) is 0.263. The van der Waals surface area contributed by atoms with E-state index in [-0.39, 0.29) is 18.3 Å². The third-order valence-corrected chi connectivity index (χ3v) is 3.96. The molecule has 27 heavy (non-hydrogen) atoms. The molecule has 0 aliphatic carbocycles. The van der Waals surface area contributed by atoms with Crippen LogP contribution in [-0.2, 0) is 19.6 Å². The Bertz CT molecular complexity index is 912. The summed E-state index contributed by atoms with van der Waals surface area (Å²) >= 11 is 0. The number of carbonyl (C=O) groups excluding carboxylic acids is 1. The molecule has 0 saturated carbocycles. The van der Waals surface area contributed by atoms with Crippen LogP contribution >= 0.6 is 0 Å². The fourth-order valence-corrected chi connectivity index (χ4v) is 2.56. The first-order valence-electron chi connectivity index (χ1n) is 8.66. The van der Waals surface area contributed by atoms with Gasteiger partial charge in [-0.15, -0.1) is 5.10 Å². The number of nitrogens with one attached hydrogen (secondary N) is 1. The van der Waals surface area contributed by atoms with Crippen molar-refractivity contribution in [2.75, 3.05) is 6.54 Å². The largest absolute Gasteiger partial charge is 0.486 e. The summed E-state index contributed by atoms with van der Waals surface area (Å²) in [4.78, 5) is 12.3. The average molecular weight is 369 g/mol. The molecule has 0 radical (unpaired) electrons. The third-order valence-electron chi connectivity index (χ3n) is 3.96. The number of rotatable bonds is 8. The van der Waals surface area contributed by atoms with E-state index in [0.717, 1.165) is 5.56 Å². The van der Waals surface area contributed by atoms with Gasteiger partial charge in [0.15, 0.2) is 5.82 Å². The highest BCUT2D eigenvalue weighted by atomic mass is 19.1. The Morgan fingerprint density at radius 1 is 1.22 bits per heavy atom. The smallest absolute Gasteiger partial charge is 0.251 e. The summed E-state index contributed by atoms with van der Waals surface area (Å²) in [5, 5.41) is 14.2. The van der Waals surface area contributed by atoms with Crippen molar-refractivity contribution >= 4 is 5.91 Å². The maximum Gasteiger partial charge on any atom is 0.251 e. The van der Waals surface area contributed by atoms with E-state index in [9.17, 15) is 9.18 Å². The Morgan fingerprint density at radius 2 is 2.07 bits per heavy atom. The molecule has 140 valence electrons. The highest BCUT2D eigenvalue weighted by Crippen LogP contribution is 2.15. The second-order valence-corrected chi connectivity index (χ2v) is 5.86. The van der Waals surface area contributed by atoms with Gasteiger partial charge in [0.2, 0.25) is 0 Å². The van der Waals surface area contributed by atoms with Crippen molar-refractivity contribution in [3.8, 4) is 5.75 Å². The van der Waals surface area contributed by atoms with Crippen molar-refractivity contribution < 1.29 is 13.9 Å². The molecule has 8 heteroatoms. The second-order valence-electron chi connectivity index (χ2n) is 5.86. The molecule has 7 nitrogen and oxygen atoms in total. The number of halogens is 1. The van der Waals surface area contributed by atoms with Crippen LogP contribution in [0.3, 0.4) is 0 Å². The van der Waals surface area contributed by atoms with Crippen molar-refractivity contribution in [3.05, 3.63) is 71.3 Å². The Balaban J connectivity index is 1.53. The molecule has 0 aliphatic heterocycles. The predicted octanol–water partition coefficient (Wildman–Crippen LogP) is 2.38. The summed E-state index contributed by atoms with van der Waals surface area (Å²) in [6.45, 7) is 3.22. The summed E-state index contributed by atoms with van der Waals surface area (Å²) in [7, 11) is 0. The fourth-order valence-electron chi connectivity index (χ4n) is 2.56. The number of hydrogen-bond acceptors (Lipinski definition) is 5. The van der Waals surface area contributed by atoms with Gasteiger partial charge in [0.05, 0.1) is 0 Å². The van der Waals surface area contributed by atoms with Gasteiger partial charge in [-0.05, 0) is 59.7 Å². The van der Waals surface area contributed by atoms with E-state index in [1.165, 1.54) is 12.1 Å². The molecule has 0 fully saturated rings. The van der Waals surface area contributed by atoms with Gasteiger partial charge in [-0.3, -0.25) is 4.79 Å². The maximum absolute atomic E-state index is 13.2. The predicted molar refractivity (Wildman–Crippen MR) is 96.7 cm³/mol. The monoisotopic (exact) mass is 369 g/mol. The molecule has 0 spiro atoms. The SMILES string of the molecule is CCn1nnnc1COc1cccc(C(=O)NCCc2cccc(F)c2)c1. The number of tetrazole rings is 1. The quantitative estimate of drug-likeness (QED) is 0.659. The molecule has 1 amide bonds. The van der Waals surface area contributed by atoms with Crippen LogP contribution in [0.5, 0.6) is 5.75 Å². The zero-order valence-electron chi connectivity index (χ0n) is 14.9. The van der Waals surface area contributed by atoms with Gasteiger partial charge in [0.1, 0.15) is 18.2 Å². The van der Waals surface area contributed by atoms with Gasteiger partial charge in [-0.25, -0.2) is 9.07 Å². The number of aromatic nitrogens is 4. The van der Waals surface area contributed by atoms with Crippen molar-refractivity contribution in [2.24, 2.45) is 0 Å². The molecular formula is C19H20FN5O2. The average Bonchev–Trinajstić information content (AvgIpc) is 3.14. The normalized spacial score (nSPS) is 10.6. The van der Waals surface area contributed by atoms with Crippen LogP contribution < -0.4 is 10.1 Å². The molecule has 1 N–H and O–H groups in total. The summed E-state index contributed by atoms with van der Waals surface area (Å²) < 4.78 is 20.5. The lowest BCUT2D eigenvalue weighted by molar-refractivity contribution is 0.0953. The molecule has 0 aliphatic rings. The van der Waals surface area contributed by atoms with Crippen LogP contribution in [-0.4, -0.2) is 32.7 Å². The lowest BCUT2D eigenvalue weighted by Crippen LogP contribution is -2.25. The number of nitrogens with zero attached hydrogens (tertiary/aromatic N) is 4. The molecule has 1 aromatic heterocycles. The van der Waals surface area contributed by atoms with E-state index >= 15 is 0 Å². The maximum atomic E-state index is 13.2. The van der Waals surface area contributed by atoms with Gasteiger partial charge in [0.25, 0.3) is 5.91 Å². The molecule has 0 unspecified atom stereocenters. The number of hydrogen-bond donors (Lipinski definition) is 1. The summed E-state index contributed by atoms with van der Waals surface area (Å²) in [5.41, 5.74) is 1.32. The number of aryl methyl sites for hydroxylation is 1. The molecule has 0 atom stereocenters. The first-order valence-corrected chi connectivity index (χ1v) is 8.66. The molecule has 1 heterocycles. The van der Waals surface area contributed by atoms with Crippen molar-refractivity contribution in [1.82, 2.24) is 25.5 Å². The minimum atomic E-state index is -0.280. The van der Waals surface area contributed by atoms with E-state index in [2.05, 4.69) is 20.8 Å². The summed E-state index contributed by atoms with van der Waals surface area (Å²) in [5.74, 6) is 0.675. The van der Waals surface area contributed by atoms with Crippen LogP contribution in [0, 0.1) is 5.82 Å². The van der Waals surface area contributed by atoms with E-state index in [4.69, 9.17) is 4.74 Å². The van der Waals surface area contributed by atoms with Crippen LogP contribution in [0.4, 0.5) is 4.39 Å². The molecule has 0 bridgehead atoms. The van der Waals surface area contributed by atoms with Crippen molar-refractivity contribution in [3.63, 3.8) is 0 Å². The first-order chi connectivity index (χ1) is 13.2. The molecular weight excluding hydrogens is 349 g/mol. The van der Waals surface area contributed by atoms with Crippen LogP contribution in [0.25, 0.3) is 0 Å². The molecule has 0 saturated heterocycles. The molecule has 3 aromatic rings. The zero-order valence-corrected chi connectivity index (χ0v) is 14.9. The lowest BCUT2D eigenvalue weighted by Gasteiger charge is -2.09. The van der Waals surface area contributed by atoms with Crippen LogP contribution in [0.1, 0.15) is 28.7 Å². The van der Waals surface area contributed by atoms with Crippen LogP contribution in [0.2, 0.25) is 0 Å². The zero-order chi connectivity index (χ0) is 19.1. The van der Waals surface area contributed by atoms with Gasteiger partial charge in [-0.2, -0.15) is 0 Å². The lowest BCUT2D eigenvalue weighted by atomic mass is 10.1. The third kappa shape index (κ3) is 5.10. The minimum absolute atomic E-state index is 0.213. The Morgan fingerprint density at radius 3 is 2.89 bits per heavy atom. The number of amides is 1. The Hall–Kier alpha value is -3.29. The number of ether oxygens (including phenoxy) is 1. The van der Waals surface area contributed by atoms with E-state index in [1.807, 2.05) is 13.0 Å². The molecule has 3 rings (SSSR count). The highest BCUT2D eigenvalue weighted by Gasteiger charge is 2.09. The van der Waals surface area contributed by atoms with Crippen molar-refractivity contribution in [1.29, 1.82) is 0 Å². The van der Waals surface area contributed by atoms with Gasteiger partial charge in [-0.1, -0.05) is 18.2 Å². The number of carbonyl (C=O) groups is 1. The second kappa shape index (κ2) is 8.88. The summed E-state index contributed by atoms with van der Waals surface area (Å²) in [6.07, 6.45) is 0.555. The van der Waals surface area contributed by atoms with Crippen LogP contribution in [0.15, 0.2) is 48.5 Å². The minimum Gasteiger partial charge on any atom is -0.486 e. The standard InChI is InChI=1S/C19H20FN5O2/c1-2-25-18(22-23-24-25)13-27-17-8-4-6-15(12-17)19(26)21-10-9-14-5-3-7-16(20)11-14/h3-8,11-12H,2,9-10,13H2,1H3,(H,21,26). The van der Waals surface area contributed by atoms with Gasteiger partial charge in [0, 0.05) is 18.7 Å². The highest BCUT2D eigenvalue weighted by molar-refractivity contribution is 5.94. The number of benzene rings is 2. The van der Waals surface area contributed by atoms with Gasteiger partial charge < -0.3 is 10.1 Å².